The predicted molar refractivity (Wildman–Crippen MR) is 147 cm³/mol. The maximum Gasteiger partial charge on any atom is 0.296 e. The van der Waals surface area contributed by atoms with Gasteiger partial charge in [0.25, 0.3) is 21.5 Å². The molecule has 5 aromatic rings. The van der Waals surface area contributed by atoms with Crippen LogP contribution in [0.3, 0.4) is 0 Å². The summed E-state index contributed by atoms with van der Waals surface area (Å²) in [4.78, 5) is 33.3. The largest absolute Gasteiger partial charge is 0.324 e. The first-order valence-corrected chi connectivity index (χ1v) is 13.3. The van der Waals surface area contributed by atoms with E-state index in [2.05, 4.69) is 15.3 Å². The van der Waals surface area contributed by atoms with Crippen molar-refractivity contribution in [1.29, 1.82) is 0 Å². The van der Waals surface area contributed by atoms with Crippen LogP contribution in [0.5, 0.6) is 0 Å². The molecule has 0 spiro atoms. The van der Waals surface area contributed by atoms with Crippen LogP contribution in [0.25, 0.3) is 16.7 Å². The highest BCUT2D eigenvalue weighted by Gasteiger charge is 2.31. The van der Waals surface area contributed by atoms with Gasteiger partial charge in [-0.1, -0.05) is 41.9 Å². The highest BCUT2D eigenvalue weighted by molar-refractivity contribution is 7.93. The molecule has 2 aromatic heterocycles. The van der Waals surface area contributed by atoms with E-state index in [1.807, 2.05) is 24.3 Å². The van der Waals surface area contributed by atoms with Crippen molar-refractivity contribution >= 4 is 50.2 Å². The van der Waals surface area contributed by atoms with E-state index in [1.54, 1.807) is 49.0 Å². The van der Waals surface area contributed by atoms with Crippen molar-refractivity contribution in [2.45, 2.75) is 11.8 Å². The molecule has 2 heterocycles. The van der Waals surface area contributed by atoms with E-state index in [0.29, 0.717) is 16.9 Å². The van der Waals surface area contributed by atoms with Gasteiger partial charge < -0.3 is 4.98 Å². The topological polar surface area (TPSA) is 122 Å². The Labute approximate surface area is 223 Å². The summed E-state index contributed by atoms with van der Waals surface area (Å²) >= 11 is 6.30. The quantitative estimate of drug-likeness (QED) is 0.330. The van der Waals surface area contributed by atoms with Crippen LogP contribution >= 0.6 is 11.6 Å². The van der Waals surface area contributed by atoms with Gasteiger partial charge in [-0.05, 0) is 49.4 Å². The molecule has 0 atom stereocenters. The van der Waals surface area contributed by atoms with Gasteiger partial charge in [-0.2, -0.15) is 0 Å². The van der Waals surface area contributed by atoms with Gasteiger partial charge in [-0.15, -0.1) is 0 Å². The Morgan fingerprint density at radius 1 is 1.05 bits per heavy atom. The zero-order chi connectivity index (χ0) is 27.2. The summed E-state index contributed by atoms with van der Waals surface area (Å²) in [7, 11) is -1.38. The molecule has 0 radical (unpaired) electrons. The van der Waals surface area contributed by atoms with Crippen molar-refractivity contribution in [2.75, 3.05) is 16.7 Å². The van der Waals surface area contributed by atoms with Crippen molar-refractivity contribution in [2.24, 2.45) is 7.05 Å². The van der Waals surface area contributed by atoms with Gasteiger partial charge in [-0.25, -0.2) is 18.1 Å². The lowest BCUT2D eigenvalue weighted by Crippen LogP contribution is -2.32. The molecule has 3 aromatic carbocycles. The van der Waals surface area contributed by atoms with Crippen LogP contribution in [0.15, 0.2) is 82.5 Å². The fourth-order valence-corrected chi connectivity index (χ4v) is 5.96. The monoisotopic (exact) mass is 550 g/mol. The number of fused-ring (bicyclic) bond motifs is 1. The number of nitrogens with one attached hydrogen (secondary N) is 2. The summed E-state index contributed by atoms with van der Waals surface area (Å²) in [6.07, 6.45) is 0. The molecule has 0 saturated carbocycles. The van der Waals surface area contributed by atoms with Crippen LogP contribution in [0.4, 0.5) is 11.6 Å². The second kappa shape index (κ2) is 9.51. The molecule has 2 N–H and O–H groups in total. The summed E-state index contributed by atoms with van der Waals surface area (Å²) in [5, 5.41) is 2.55. The number of hydrogen-bond acceptors (Lipinski definition) is 5. The van der Waals surface area contributed by atoms with Gasteiger partial charge in [0, 0.05) is 19.7 Å². The molecule has 5 rings (SSSR count). The maximum atomic E-state index is 13.7. The van der Waals surface area contributed by atoms with E-state index in [1.165, 1.54) is 29.9 Å². The van der Waals surface area contributed by atoms with E-state index < -0.39 is 21.5 Å². The average Bonchev–Trinajstić information content (AvgIpc) is 3.40. The van der Waals surface area contributed by atoms with Crippen molar-refractivity contribution < 1.29 is 13.2 Å². The number of benzene rings is 3. The second-order valence-electron chi connectivity index (χ2n) is 8.58. The van der Waals surface area contributed by atoms with Crippen LogP contribution in [-0.4, -0.2) is 40.7 Å². The van der Waals surface area contributed by atoms with E-state index in [-0.39, 0.29) is 27.1 Å². The number of imidazole rings is 1. The number of halogens is 1. The molecule has 0 aliphatic heterocycles. The number of carbonyl (C=O) groups is 1. The van der Waals surface area contributed by atoms with Crippen LogP contribution in [0.2, 0.25) is 5.02 Å². The Morgan fingerprint density at radius 2 is 1.74 bits per heavy atom. The van der Waals surface area contributed by atoms with Crippen molar-refractivity contribution in [3.8, 4) is 5.69 Å². The standard InChI is InChI=1S/C26H23ClN6O4S/c1-16-23(25(35)33(31(16)2)18-9-5-4-6-10-18)32(3)38(36,37)22-15-17(13-14-19(22)27)24(34)30-26-28-20-11-7-8-12-21(20)29-26/h4-15H,1-3H3,(H2,28,29,30,34). The van der Waals surface area contributed by atoms with Crippen molar-refractivity contribution in [3.63, 3.8) is 0 Å². The minimum Gasteiger partial charge on any atom is -0.324 e. The van der Waals surface area contributed by atoms with Crippen LogP contribution in [-0.2, 0) is 17.1 Å². The third-order valence-corrected chi connectivity index (χ3v) is 8.53. The number of sulfonamides is 1. The normalized spacial score (nSPS) is 11.6. The predicted octanol–water partition coefficient (Wildman–Crippen LogP) is 4.09. The molecule has 10 nitrogen and oxygen atoms in total. The molecule has 0 aliphatic carbocycles. The van der Waals surface area contributed by atoms with Gasteiger partial charge in [0.2, 0.25) is 5.95 Å². The first-order chi connectivity index (χ1) is 18.1. The SMILES string of the molecule is Cc1c(N(C)S(=O)(=O)c2cc(C(=O)Nc3nc4ccccc4[nH]3)ccc2Cl)c(=O)n(-c2ccccc2)n1C. The highest BCUT2D eigenvalue weighted by atomic mass is 35.5. The summed E-state index contributed by atoms with van der Waals surface area (Å²) in [5.41, 5.74) is 1.92. The fraction of sp³-hybridized carbons (Fsp3) is 0.115. The van der Waals surface area contributed by atoms with Gasteiger partial charge in [0.05, 0.1) is 27.4 Å². The molecule has 194 valence electrons. The number of aromatic amines is 1. The number of amides is 1. The highest BCUT2D eigenvalue weighted by Crippen LogP contribution is 2.29. The zero-order valence-electron chi connectivity index (χ0n) is 20.6. The molecule has 12 heteroatoms. The summed E-state index contributed by atoms with van der Waals surface area (Å²) in [5.74, 6) is -0.365. The van der Waals surface area contributed by atoms with E-state index in [9.17, 15) is 18.0 Å². The second-order valence-corrected chi connectivity index (χ2v) is 10.9. The number of anilines is 2. The fourth-order valence-electron chi connectivity index (χ4n) is 4.22. The molecule has 38 heavy (non-hydrogen) atoms. The molecule has 0 bridgehead atoms. The Hall–Kier alpha value is -4.35. The Balaban J connectivity index is 1.50. The van der Waals surface area contributed by atoms with Gasteiger partial charge >= 0.3 is 0 Å². The number of nitrogens with zero attached hydrogens (tertiary/aromatic N) is 4. The molecular formula is C26H23ClN6O4S. The summed E-state index contributed by atoms with van der Waals surface area (Å²) in [6, 6.07) is 20.1. The number of para-hydroxylation sites is 3. The minimum atomic E-state index is -4.33. The Morgan fingerprint density at radius 3 is 2.45 bits per heavy atom. The van der Waals surface area contributed by atoms with Crippen LogP contribution in [0.1, 0.15) is 16.1 Å². The first kappa shape index (κ1) is 25.3. The number of aromatic nitrogens is 4. The minimum absolute atomic E-state index is 0.0375. The zero-order valence-corrected chi connectivity index (χ0v) is 22.2. The molecule has 0 aliphatic rings. The lowest BCUT2D eigenvalue weighted by molar-refractivity contribution is 0.102. The average molecular weight is 551 g/mol. The first-order valence-electron chi connectivity index (χ1n) is 11.5. The van der Waals surface area contributed by atoms with E-state index in [4.69, 9.17) is 11.6 Å². The number of hydrogen-bond donors (Lipinski definition) is 2. The number of rotatable bonds is 6. The smallest absolute Gasteiger partial charge is 0.296 e. The number of H-pyrrole nitrogens is 1. The molecular weight excluding hydrogens is 528 g/mol. The van der Waals surface area contributed by atoms with Gasteiger partial charge in [-0.3, -0.25) is 23.9 Å². The van der Waals surface area contributed by atoms with E-state index in [0.717, 1.165) is 9.82 Å². The Kier molecular flexibility index (Phi) is 6.33. The Bertz CT molecular complexity index is 1820. The number of carbonyl (C=O) groups excluding carboxylic acids is 1. The van der Waals surface area contributed by atoms with E-state index >= 15 is 0 Å². The molecule has 1 amide bonds. The maximum absolute atomic E-state index is 13.7. The third-order valence-electron chi connectivity index (χ3n) is 6.29. The van der Waals surface area contributed by atoms with Crippen molar-refractivity contribution in [3.05, 3.63) is 99.4 Å². The molecule has 0 fully saturated rings. The lowest BCUT2D eigenvalue weighted by atomic mass is 10.2. The summed E-state index contributed by atoms with van der Waals surface area (Å²) in [6.45, 7) is 1.65. The molecule has 0 unspecified atom stereocenters. The summed E-state index contributed by atoms with van der Waals surface area (Å²) < 4.78 is 31.3. The van der Waals surface area contributed by atoms with Crippen molar-refractivity contribution in [1.82, 2.24) is 19.3 Å². The third kappa shape index (κ3) is 4.25. The van der Waals surface area contributed by atoms with Gasteiger partial charge in [0.1, 0.15) is 10.6 Å². The lowest BCUT2D eigenvalue weighted by Gasteiger charge is -2.19. The van der Waals surface area contributed by atoms with Crippen LogP contribution < -0.4 is 15.2 Å². The molecule has 0 saturated heterocycles. The van der Waals surface area contributed by atoms with Gasteiger partial charge in [0.15, 0.2) is 0 Å². The van der Waals surface area contributed by atoms with Crippen LogP contribution in [0, 0.1) is 6.92 Å².